The number of hydrogen-bond donors (Lipinski definition) is 3. The average Bonchev–Trinajstić information content (AvgIpc) is 2.01. The third-order valence-corrected chi connectivity index (χ3v) is 1.55. The molecule has 88 valence electrons. The van der Waals surface area contributed by atoms with Gasteiger partial charge in [-0.3, -0.25) is 0 Å². The molecule has 1 unspecified atom stereocenters. The summed E-state index contributed by atoms with van der Waals surface area (Å²) >= 11 is 0. The third-order valence-electron chi connectivity index (χ3n) is 1.55. The second-order valence-electron chi connectivity index (χ2n) is 3.80. The monoisotopic (exact) mass is 207 g/mol. The van der Waals surface area contributed by atoms with Crippen molar-refractivity contribution in [3.05, 3.63) is 0 Å². The zero-order valence-corrected chi connectivity index (χ0v) is 9.79. The van der Waals surface area contributed by atoms with Crippen molar-refractivity contribution in [3.8, 4) is 0 Å². The molecule has 0 radical (unpaired) electrons. The van der Waals surface area contributed by atoms with E-state index in [0.717, 1.165) is 19.6 Å². The Bertz CT molecular complexity index is 100. The van der Waals surface area contributed by atoms with E-state index in [0.29, 0.717) is 5.92 Å². The zero-order valence-electron chi connectivity index (χ0n) is 9.79. The number of nitrogens with two attached hydrogens (primary N) is 1. The Morgan fingerprint density at radius 3 is 2.00 bits per heavy atom. The van der Waals surface area contributed by atoms with Crippen molar-refractivity contribution in [2.45, 2.75) is 39.4 Å². The zero-order chi connectivity index (χ0) is 11.6. The first-order valence-electron chi connectivity index (χ1n) is 4.98. The minimum atomic E-state index is -1.50. The lowest BCUT2D eigenvalue weighted by Crippen LogP contribution is -2.15. The third kappa shape index (κ3) is 22.6. The number of aliphatic hydroxyl groups is 2. The first kappa shape index (κ1) is 16.3. The van der Waals surface area contributed by atoms with Crippen LogP contribution in [0, 0.1) is 5.92 Å². The van der Waals surface area contributed by atoms with Crippen molar-refractivity contribution in [3.63, 3.8) is 0 Å². The molecular formula is C10H25NO3. The van der Waals surface area contributed by atoms with Gasteiger partial charge in [-0.2, -0.15) is 0 Å². The highest BCUT2D eigenvalue weighted by molar-refractivity contribution is 4.55. The molecule has 0 aliphatic rings. The Morgan fingerprint density at radius 2 is 1.79 bits per heavy atom. The molecular weight excluding hydrogens is 182 g/mol. The van der Waals surface area contributed by atoms with Crippen molar-refractivity contribution >= 4 is 0 Å². The van der Waals surface area contributed by atoms with Crippen LogP contribution in [-0.4, -0.2) is 36.3 Å². The SMILES string of the molecule is CC(C)(O)O.CCC(CCN)COC. The molecule has 0 aliphatic carbocycles. The molecule has 0 saturated carbocycles. The second-order valence-corrected chi connectivity index (χ2v) is 3.80. The maximum atomic E-state index is 8.08. The Kier molecular flexibility index (Phi) is 10.9. The Labute approximate surface area is 87.1 Å². The molecule has 0 spiro atoms. The first-order chi connectivity index (χ1) is 6.35. The topological polar surface area (TPSA) is 75.7 Å². The molecule has 0 rings (SSSR count). The molecule has 0 aromatic rings. The van der Waals surface area contributed by atoms with Crippen LogP contribution in [0.5, 0.6) is 0 Å². The van der Waals surface area contributed by atoms with E-state index in [1.165, 1.54) is 20.3 Å². The largest absolute Gasteiger partial charge is 0.384 e. The van der Waals surface area contributed by atoms with Crippen molar-refractivity contribution in [1.29, 1.82) is 0 Å². The van der Waals surface area contributed by atoms with Crippen LogP contribution in [0.1, 0.15) is 33.6 Å². The smallest absolute Gasteiger partial charge is 0.156 e. The molecule has 14 heavy (non-hydrogen) atoms. The molecule has 4 N–H and O–H groups in total. The highest BCUT2D eigenvalue weighted by Gasteiger charge is 2.02. The molecule has 0 heterocycles. The van der Waals surface area contributed by atoms with Gasteiger partial charge in [0.2, 0.25) is 0 Å². The maximum absolute atomic E-state index is 8.08. The van der Waals surface area contributed by atoms with Crippen LogP contribution in [0.2, 0.25) is 0 Å². The average molecular weight is 207 g/mol. The lowest BCUT2D eigenvalue weighted by Gasteiger charge is -2.10. The van der Waals surface area contributed by atoms with Crippen molar-refractivity contribution in [2.24, 2.45) is 11.7 Å². The van der Waals surface area contributed by atoms with Crippen LogP contribution >= 0.6 is 0 Å². The van der Waals surface area contributed by atoms with Gasteiger partial charge >= 0.3 is 0 Å². The van der Waals surface area contributed by atoms with Crippen molar-refractivity contribution < 1.29 is 14.9 Å². The van der Waals surface area contributed by atoms with E-state index in [9.17, 15) is 0 Å². The fraction of sp³-hybridized carbons (Fsp3) is 1.00. The van der Waals surface area contributed by atoms with Gasteiger partial charge in [0.25, 0.3) is 0 Å². The molecule has 1 atom stereocenters. The van der Waals surface area contributed by atoms with E-state index in [1.807, 2.05) is 0 Å². The van der Waals surface area contributed by atoms with Gasteiger partial charge in [-0.05, 0) is 32.7 Å². The highest BCUT2D eigenvalue weighted by Crippen LogP contribution is 2.05. The minimum absolute atomic E-state index is 0.667. The summed E-state index contributed by atoms with van der Waals surface area (Å²) in [6.45, 7) is 6.40. The summed E-state index contributed by atoms with van der Waals surface area (Å²) in [5.74, 6) is -0.833. The quantitative estimate of drug-likeness (QED) is 0.580. The van der Waals surface area contributed by atoms with Gasteiger partial charge in [0, 0.05) is 13.7 Å². The molecule has 0 aliphatic heterocycles. The lowest BCUT2D eigenvalue weighted by atomic mass is 10.0. The van der Waals surface area contributed by atoms with Crippen molar-refractivity contribution in [1.82, 2.24) is 0 Å². The summed E-state index contributed by atoms with van der Waals surface area (Å²) in [6.07, 6.45) is 2.26. The highest BCUT2D eigenvalue weighted by atomic mass is 16.5. The van der Waals surface area contributed by atoms with Gasteiger partial charge in [-0.1, -0.05) is 13.3 Å². The fourth-order valence-corrected chi connectivity index (χ4v) is 0.877. The Morgan fingerprint density at radius 1 is 1.36 bits per heavy atom. The molecule has 0 bridgehead atoms. The maximum Gasteiger partial charge on any atom is 0.156 e. The minimum Gasteiger partial charge on any atom is -0.384 e. The molecule has 0 amide bonds. The number of ether oxygens (including phenoxy) is 1. The summed E-state index contributed by atoms with van der Waals surface area (Å²) in [6, 6.07) is 0. The van der Waals surface area contributed by atoms with Gasteiger partial charge in [-0.15, -0.1) is 0 Å². The molecule has 0 aromatic carbocycles. The Balaban J connectivity index is 0. The standard InChI is InChI=1S/C7H17NO.C3H8O2/c1-3-7(4-5-8)6-9-2;1-3(2,4)5/h7H,3-6,8H2,1-2H3;4-5H,1-2H3. The molecule has 4 nitrogen and oxygen atoms in total. The molecule has 0 fully saturated rings. The summed E-state index contributed by atoms with van der Waals surface area (Å²) < 4.78 is 4.99. The normalized spacial score (nSPS) is 13.1. The van der Waals surface area contributed by atoms with E-state index < -0.39 is 5.79 Å². The Hall–Kier alpha value is -0.160. The van der Waals surface area contributed by atoms with Gasteiger partial charge in [0.15, 0.2) is 5.79 Å². The van der Waals surface area contributed by atoms with Crippen LogP contribution in [0.15, 0.2) is 0 Å². The summed E-state index contributed by atoms with van der Waals surface area (Å²) in [5, 5.41) is 16.2. The number of methoxy groups -OCH3 is 1. The summed E-state index contributed by atoms with van der Waals surface area (Å²) in [4.78, 5) is 0. The van der Waals surface area contributed by atoms with Gasteiger partial charge < -0.3 is 20.7 Å². The summed E-state index contributed by atoms with van der Waals surface area (Å²) in [5.41, 5.74) is 5.38. The van der Waals surface area contributed by atoms with Gasteiger partial charge in [-0.25, -0.2) is 0 Å². The first-order valence-corrected chi connectivity index (χ1v) is 4.98. The van der Waals surface area contributed by atoms with Crippen LogP contribution in [0.3, 0.4) is 0 Å². The lowest BCUT2D eigenvalue weighted by molar-refractivity contribution is -0.127. The fourth-order valence-electron chi connectivity index (χ4n) is 0.877. The van der Waals surface area contributed by atoms with Crippen molar-refractivity contribution in [2.75, 3.05) is 20.3 Å². The molecule has 0 aromatic heterocycles. The van der Waals surface area contributed by atoms with E-state index in [1.54, 1.807) is 7.11 Å². The predicted molar refractivity (Wildman–Crippen MR) is 57.8 cm³/mol. The van der Waals surface area contributed by atoms with E-state index >= 15 is 0 Å². The van der Waals surface area contributed by atoms with E-state index in [-0.39, 0.29) is 0 Å². The van der Waals surface area contributed by atoms with Crippen LogP contribution in [0.4, 0.5) is 0 Å². The van der Waals surface area contributed by atoms with E-state index in [4.69, 9.17) is 20.7 Å². The summed E-state index contributed by atoms with van der Waals surface area (Å²) in [7, 11) is 1.74. The van der Waals surface area contributed by atoms with E-state index in [2.05, 4.69) is 6.92 Å². The predicted octanol–water partition coefficient (Wildman–Crippen LogP) is 0.715. The second kappa shape index (κ2) is 9.40. The van der Waals surface area contributed by atoms with Crippen LogP contribution in [0.25, 0.3) is 0 Å². The van der Waals surface area contributed by atoms with Crippen LogP contribution < -0.4 is 5.73 Å². The number of hydrogen-bond acceptors (Lipinski definition) is 4. The van der Waals surface area contributed by atoms with Gasteiger partial charge in [0.05, 0.1) is 0 Å². The molecule has 0 saturated heterocycles. The number of rotatable bonds is 5. The van der Waals surface area contributed by atoms with Crippen LogP contribution in [-0.2, 0) is 4.74 Å². The van der Waals surface area contributed by atoms with Gasteiger partial charge in [0.1, 0.15) is 0 Å². The molecule has 4 heteroatoms.